The van der Waals surface area contributed by atoms with Crippen molar-refractivity contribution in [3.8, 4) is 0 Å². The van der Waals surface area contributed by atoms with Crippen molar-refractivity contribution in [1.82, 2.24) is 5.32 Å². The lowest BCUT2D eigenvalue weighted by atomic mass is 9.84. The number of carbonyl (C=O) groups is 3. The van der Waals surface area contributed by atoms with Crippen LogP contribution in [-0.4, -0.2) is 28.9 Å². The molecule has 2 amide bonds. The lowest BCUT2D eigenvalue weighted by Gasteiger charge is -2.24. The second-order valence-electron chi connectivity index (χ2n) is 7.12. The monoisotopic (exact) mass is 412 g/mol. The smallest absolute Gasteiger partial charge is 0.319 e. The molecular weight excluding hydrogens is 388 g/mol. The number of hydrogen-bond acceptors (Lipinski definition) is 3. The van der Waals surface area contributed by atoms with Crippen molar-refractivity contribution in [2.45, 2.75) is 46.6 Å². The van der Waals surface area contributed by atoms with Crippen LogP contribution in [-0.2, 0) is 9.59 Å². The molecule has 0 aliphatic heterocycles. The van der Waals surface area contributed by atoms with E-state index in [1.54, 1.807) is 24.3 Å². The zero-order chi connectivity index (χ0) is 19.2. The van der Waals surface area contributed by atoms with Crippen LogP contribution < -0.4 is 10.6 Å². The maximum absolute atomic E-state index is 12.5. The van der Waals surface area contributed by atoms with E-state index in [-0.39, 0.29) is 18.1 Å². The molecule has 25 heavy (non-hydrogen) atoms. The van der Waals surface area contributed by atoms with Crippen LogP contribution in [0.3, 0.4) is 0 Å². The third kappa shape index (κ3) is 7.25. The van der Waals surface area contributed by atoms with Gasteiger partial charge in [0.15, 0.2) is 5.78 Å². The van der Waals surface area contributed by atoms with Crippen LogP contribution in [0.2, 0.25) is 0 Å². The van der Waals surface area contributed by atoms with E-state index < -0.39 is 23.5 Å². The summed E-state index contributed by atoms with van der Waals surface area (Å²) in [4.78, 5) is 35.9. The van der Waals surface area contributed by atoms with Crippen LogP contribution in [0, 0.1) is 11.3 Å². The minimum atomic E-state index is -1.17. The molecule has 0 aromatic heterocycles. The highest BCUT2D eigenvalue weighted by molar-refractivity contribution is 9.10. The molecule has 0 aliphatic rings. The van der Waals surface area contributed by atoms with Crippen LogP contribution >= 0.6 is 15.9 Å². The van der Waals surface area contributed by atoms with E-state index in [0.717, 1.165) is 4.47 Å². The molecule has 3 N–H and O–H groups in total. The van der Waals surface area contributed by atoms with Gasteiger partial charge in [0, 0.05) is 16.6 Å². The fourth-order valence-electron chi connectivity index (χ4n) is 2.24. The van der Waals surface area contributed by atoms with E-state index in [2.05, 4.69) is 26.6 Å². The van der Waals surface area contributed by atoms with E-state index in [1.165, 1.54) is 13.8 Å². The highest BCUT2D eigenvalue weighted by Gasteiger charge is 2.33. The molecule has 1 aromatic rings. The average Bonchev–Trinajstić information content (AvgIpc) is 2.47. The molecule has 0 saturated heterocycles. The Labute approximate surface area is 156 Å². The molecule has 1 aromatic carbocycles. The lowest BCUT2D eigenvalue weighted by Crippen LogP contribution is -2.45. The predicted molar refractivity (Wildman–Crippen MR) is 101 cm³/mol. The summed E-state index contributed by atoms with van der Waals surface area (Å²) in [7, 11) is 0. The SMILES string of the molecule is CC(C)C[C@H](NC(=O)Nc1ccc(Br)cc1)C(=O)CC(C)(C)C(=O)O. The molecule has 138 valence electrons. The number of anilines is 1. The van der Waals surface area contributed by atoms with Crippen molar-refractivity contribution in [1.29, 1.82) is 0 Å². The number of Topliss-reactive ketones (excluding diaryl/α,β-unsaturated/α-hetero) is 1. The summed E-state index contributed by atoms with van der Waals surface area (Å²) in [5, 5.41) is 14.5. The van der Waals surface area contributed by atoms with Crippen LogP contribution in [0.1, 0.15) is 40.5 Å². The summed E-state index contributed by atoms with van der Waals surface area (Å²) in [5.74, 6) is -1.15. The number of urea groups is 1. The van der Waals surface area contributed by atoms with Crippen molar-refractivity contribution in [2.75, 3.05) is 5.32 Å². The number of halogens is 1. The molecule has 1 atom stereocenters. The number of ketones is 1. The van der Waals surface area contributed by atoms with Crippen LogP contribution in [0.15, 0.2) is 28.7 Å². The van der Waals surface area contributed by atoms with Gasteiger partial charge in [0.1, 0.15) is 0 Å². The zero-order valence-corrected chi connectivity index (χ0v) is 16.5. The second-order valence-corrected chi connectivity index (χ2v) is 8.04. The Morgan fingerprint density at radius 3 is 2.20 bits per heavy atom. The van der Waals surface area contributed by atoms with Gasteiger partial charge < -0.3 is 15.7 Å². The molecule has 0 fully saturated rings. The predicted octanol–water partition coefficient (Wildman–Crippen LogP) is 4.06. The second kappa shape index (κ2) is 8.99. The fourth-order valence-corrected chi connectivity index (χ4v) is 2.50. The Hall–Kier alpha value is -1.89. The first-order valence-corrected chi connectivity index (χ1v) is 8.89. The molecule has 0 unspecified atom stereocenters. The maximum Gasteiger partial charge on any atom is 0.319 e. The number of hydrogen-bond donors (Lipinski definition) is 3. The number of aliphatic carboxylic acids is 1. The first kappa shape index (κ1) is 21.2. The van der Waals surface area contributed by atoms with E-state index >= 15 is 0 Å². The largest absolute Gasteiger partial charge is 0.481 e. The molecular formula is C18H25BrN2O4. The number of carboxylic acid groups (broad SMARTS) is 1. The van der Waals surface area contributed by atoms with Gasteiger partial charge >= 0.3 is 12.0 Å². The molecule has 1 rings (SSSR count). The van der Waals surface area contributed by atoms with Crippen molar-refractivity contribution in [2.24, 2.45) is 11.3 Å². The summed E-state index contributed by atoms with van der Waals surface area (Å²) in [6.07, 6.45) is 0.306. The van der Waals surface area contributed by atoms with Gasteiger partial charge in [-0.25, -0.2) is 4.79 Å². The molecule has 0 aliphatic carbocycles. The van der Waals surface area contributed by atoms with Crippen molar-refractivity contribution < 1.29 is 19.5 Å². The van der Waals surface area contributed by atoms with Crippen molar-refractivity contribution in [3.63, 3.8) is 0 Å². The Morgan fingerprint density at radius 2 is 1.72 bits per heavy atom. The highest BCUT2D eigenvalue weighted by atomic mass is 79.9. The first-order chi connectivity index (χ1) is 11.5. The summed E-state index contributed by atoms with van der Waals surface area (Å²) in [6, 6.07) is 5.83. The topological polar surface area (TPSA) is 95.5 Å². The number of carbonyl (C=O) groups excluding carboxylic acids is 2. The van der Waals surface area contributed by atoms with Gasteiger partial charge in [0.2, 0.25) is 0 Å². The Balaban J connectivity index is 2.77. The third-order valence-electron chi connectivity index (χ3n) is 3.70. The number of nitrogens with one attached hydrogen (secondary N) is 2. The summed E-state index contributed by atoms with van der Waals surface area (Å²) < 4.78 is 0.891. The normalized spacial score (nSPS) is 12.6. The van der Waals surface area contributed by atoms with E-state index in [1.807, 2.05) is 13.8 Å². The number of carboxylic acids is 1. The number of benzene rings is 1. The van der Waals surface area contributed by atoms with Gasteiger partial charge in [-0.1, -0.05) is 29.8 Å². The number of rotatable bonds is 8. The summed E-state index contributed by atoms with van der Waals surface area (Å²) >= 11 is 3.32. The van der Waals surface area contributed by atoms with Gasteiger partial charge in [0.25, 0.3) is 0 Å². The Kier molecular flexibility index (Phi) is 7.60. The standard InChI is InChI=1S/C18H25BrN2O4/c1-11(2)9-14(15(22)10-18(3,4)16(23)24)21-17(25)20-13-7-5-12(19)6-8-13/h5-8,11,14H,9-10H2,1-4H3,(H,23,24)(H2,20,21,25)/t14-/m0/s1. The Morgan fingerprint density at radius 1 is 1.16 bits per heavy atom. The minimum absolute atomic E-state index is 0.141. The quantitative estimate of drug-likeness (QED) is 0.599. The molecule has 7 heteroatoms. The molecule has 0 heterocycles. The minimum Gasteiger partial charge on any atom is -0.481 e. The summed E-state index contributed by atoms with van der Waals surface area (Å²) in [5.41, 5.74) is -0.571. The van der Waals surface area contributed by atoms with Gasteiger partial charge in [-0.2, -0.15) is 0 Å². The molecule has 0 saturated carbocycles. The molecule has 0 radical (unpaired) electrons. The average molecular weight is 413 g/mol. The molecule has 6 nitrogen and oxygen atoms in total. The van der Waals surface area contributed by atoms with Crippen LogP contribution in [0.25, 0.3) is 0 Å². The first-order valence-electron chi connectivity index (χ1n) is 8.10. The van der Waals surface area contributed by atoms with Crippen molar-refractivity contribution in [3.05, 3.63) is 28.7 Å². The zero-order valence-electron chi connectivity index (χ0n) is 14.9. The summed E-state index contributed by atoms with van der Waals surface area (Å²) in [6.45, 7) is 6.89. The lowest BCUT2D eigenvalue weighted by molar-refractivity contribution is -0.149. The fraction of sp³-hybridized carbons (Fsp3) is 0.500. The molecule has 0 spiro atoms. The van der Waals surface area contributed by atoms with Crippen LogP contribution in [0.4, 0.5) is 10.5 Å². The molecule has 0 bridgehead atoms. The van der Waals surface area contributed by atoms with Crippen molar-refractivity contribution >= 4 is 39.4 Å². The maximum atomic E-state index is 12.5. The van der Waals surface area contributed by atoms with Gasteiger partial charge in [-0.3, -0.25) is 9.59 Å². The van der Waals surface area contributed by atoms with Gasteiger partial charge in [-0.05, 0) is 50.5 Å². The number of amides is 2. The Bertz CT molecular complexity index is 626. The van der Waals surface area contributed by atoms with Gasteiger partial charge in [0.05, 0.1) is 11.5 Å². The van der Waals surface area contributed by atoms with E-state index in [9.17, 15) is 19.5 Å². The van der Waals surface area contributed by atoms with E-state index in [4.69, 9.17) is 0 Å². The van der Waals surface area contributed by atoms with Gasteiger partial charge in [-0.15, -0.1) is 0 Å². The van der Waals surface area contributed by atoms with Crippen LogP contribution in [0.5, 0.6) is 0 Å². The van der Waals surface area contributed by atoms with E-state index in [0.29, 0.717) is 12.1 Å². The third-order valence-corrected chi connectivity index (χ3v) is 4.23. The highest BCUT2D eigenvalue weighted by Crippen LogP contribution is 2.23.